The van der Waals surface area contributed by atoms with Crippen molar-refractivity contribution in [1.29, 1.82) is 0 Å². The molecular weight excluding hydrogens is 824 g/mol. The van der Waals surface area contributed by atoms with Gasteiger partial charge in [0.05, 0.1) is 150 Å². The van der Waals surface area contributed by atoms with Crippen molar-refractivity contribution < 1.29 is 71.3 Å². The highest BCUT2D eigenvalue weighted by Crippen LogP contribution is 2.44. The molecule has 0 aliphatic heterocycles. The number of carbonyl (C=O) groups is 1. The van der Waals surface area contributed by atoms with E-state index in [1.54, 1.807) is 12.1 Å². The number of hydrogen-bond donors (Lipinski definition) is 1. The molecule has 0 unspecified atom stereocenters. The van der Waals surface area contributed by atoms with Crippen LogP contribution in [-0.4, -0.2) is 176 Å². The molecule has 1 aliphatic carbocycles. The second-order valence-corrected chi connectivity index (χ2v) is 13.6. The first-order chi connectivity index (χ1) is 31.1. The highest BCUT2D eigenvalue weighted by molar-refractivity contribution is 5.79. The van der Waals surface area contributed by atoms with E-state index < -0.39 is 11.0 Å². The Bertz CT molecular complexity index is 1590. The fraction of sp³-hybridized carbons (Fsp3) is 0.578. The molecule has 1 amide bonds. The summed E-state index contributed by atoms with van der Waals surface area (Å²) in [6, 6.07) is 22.4. The molecule has 1 N–H and O–H groups in total. The molecule has 350 valence electrons. The summed E-state index contributed by atoms with van der Waals surface area (Å²) in [4.78, 5) is 22.5. The maximum atomic E-state index is 12.3. The number of fused-ring (bicyclic) bond motifs is 3. The molecule has 3 aromatic rings. The predicted octanol–water partition coefficient (Wildman–Crippen LogP) is 4.69. The van der Waals surface area contributed by atoms with E-state index in [4.69, 9.17) is 61.6 Å². The van der Waals surface area contributed by atoms with Gasteiger partial charge in [0, 0.05) is 24.6 Å². The van der Waals surface area contributed by atoms with Gasteiger partial charge in [-0.2, -0.15) is 0 Å². The Morgan fingerprint density at radius 2 is 0.794 bits per heavy atom. The smallest absolute Gasteiger partial charge is 0.407 e. The van der Waals surface area contributed by atoms with Gasteiger partial charge in [0.1, 0.15) is 19.0 Å². The average Bonchev–Trinajstić information content (AvgIpc) is 3.62. The van der Waals surface area contributed by atoms with Crippen LogP contribution in [0.15, 0.2) is 72.8 Å². The summed E-state index contributed by atoms with van der Waals surface area (Å²) < 4.78 is 71.5. The fourth-order valence-corrected chi connectivity index (χ4v) is 6.06. The number of hydrogen-bond acceptors (Lipinski definition) is 16. The topological polar surface area (TPSA) is 192 Å². The van der Waals surface area contributed by atoms with Crippen LogP contribution in [0.25, 0.3) is 11.1 Å². The minimum absolute atomic E-state index is 0.0209. The lowest BCUT2D eigenvalue weighted by atomic mass is 9.98. The molecule has 18 nitrogen and oxygen atoms in total. The lowest BCUT2D eigenvalue weighted by Gasteiger charge is -2.14. The number of non-ortho nitro benzene ring substituents is 1. The van der Waals surface area contributed by atoms with Gasteiger partial charge >= 0.3 is 6.09 Å². The van der Waals surface area contributed by atoms with Crippen molar-refractivity contribution in [3.8, 4) is 16.9 Å². The van der Waals surface area contributed by atoms with Gasteiger partial charge in [0.2, 0.25) is 0 Å². The third kappa shape index (κ3) is 22.7. The molecule has 0 aromatic heterocycles. The van der Waals surface area contributed by atoms with Crippen molar-refractivity contribution in [3.05, 3.63) is 94.0 Å². The van der Waals surface area contributed by atoms with Crippen molar-refractivity contribution in [3.63, 3.8) is 0 Å². The summed E-state index contributed by atoms with van der Waals surface area (Å²) in [6.07, 6.45) is -0.459. The Labute approximate surface area is 369 Å². The normalized spacial score (nSPS) is 12.0. The second-order valence-electron chi connectivity index (χ2n) is 13.6. The highest BCUT2D eigenvalue weighted by atomic mass is 16.6. The van der Waals surface area contributed by atoms with Crippen molar-refractivity contribution in [2.45, 2.75) is 5.92 Å². The lowest BCUT2D eigenvalue weighted by molar-refractivity contribution is -0.384. The Morgan fingerprint density at radius 3 is 1.16 bits per heavy atom. The largest absolute Gasteiger partial charge is 0.491 e. The van der Waals surface area contributed by atoms with E-state index in [9.17, 15) is 14.9 Å². The van der Waals surface area contributed by atoms with Crippen LogP contribution >= 0.6 is 0 Å². The molecular formula is C45H64N2O16. The first kappa shape index (κ1) is 51.3. The van der Waals surface area contributed by atoms with E-state index in [0.717, 1.165) is 0 Å². The monoisotopic (exact) mass is 888 g/mol. The molecule has 1 aliphatic rings. The minimum Gasteiger partial charge on any atom is -0.491 e. The second kappa shape index (κ2) is 34.1. The molecule has 0 fully saturated rings. The summed E-state index contributed by atoms with van der Waals surface area (Å²) in [5, 5.41) is 13.4. The van der Waals surface area contributed by atoms with Crippen LogP contribution in [0.4, 0.5) is 10.5 Å². The molecule has 63 heavy (non-hydrogen) atoms. The Morgan fingerprint density at radius 1 is 0.460 bits per heavy atom. The third-order valence-electron chi connectivity index (χ3n) is 9.12. The van der Waals surface area contributed by atoms with Gasteiger partial charge < -0.3 is 66.9 Å². The Kier molecular flexibility index (Phi) is 27.8. The van der Waals surface area contributed by atoms with Crippen molar-refractivity contribution in [2.24, 2.45) is 0 Å². The first-order valence-corrected chi connectivity index (χ1v) is 21.4. The quantitative estimate of drug-likeness (QED) is 0.0469. The maximum Gasteiger partial charge on any atom is 0.407 e. The molecule has 0 heterocycles. The summed E-state index contributed by atoms with van der Waals surface area (Å²) in [5.41, 5.74) is 4.77. The molecule has 18 heteroatoms. The Hall–Kier alpha value is -4.31. The van der Waals surface area contributed by atoms with Crippen LogP contribution in [0.1, 0.15) is 17.0 Å². The van der Waals surface area contributed by atoms with E-state index in [1.807, 2.05) is 24.3 Å². The average molecular weight is 889 g/mol. The van der Waals surface area contributed by atoms with E-state index in [0.29, 0.717) is 164 Å². The number of nitrogens with one attached hydrogen (secondary N) is 1. The molecule has 0 saturated carbocycles. The number of nitrogens with zero attached hydrogens (tertiary/aromatic N) is 1. The van der Waals surface area contributed by atoms with Gasteiger partial charge in [0.15, 0.2) is 0 Å². The van der Waals surface area contributed by atoms with Crippen molar-refractivity contribution in [2.75, 3.05) is 165 Å². The van der Waals surface area contributed by atoms with Crippen LogP contribution in [0.5, 0.6) is 5.75 Å². The van der Waals surface area contributed by atoms with Gasteiger partial charge in [-0.25, -0.2) is 4.79 Å². The van der Waals surface area contributed by atoms with Gasteiger partial charge in [-0.1, -0.05) is 48.5 Å². The predicted molar refractivity (Wildman–Crippen MR) is 231 cm³/mol. The van der Waals surface area contributed by atoms with E-state index in [-0.39, 0.29) is 18.2 Å². The zero-order chi connectivity index (χ0) is 44.3. The number of nitro groups is 1. The molecule has 3 aromatic carbocycles. The highest BCUT2D eigenvalue weighted by Gasteiger charge is 2.29. The van der Waals surface area contributed by atoms with Crippen LogP contribution in [0.3, 0.4) is 0 Å². The number of rotatable bonds is 40. The van der Waals surface area contributed by atoms with Gasteiger partial charge in [0.25, 0.3) is 5.69 Å². The van der Waals surface area contributed by atoms with Crippen LogP contribution < -0.4 is 10.1 Å². The lowest BCUT2D eigenvalue weighted by Crippen LogP contribution is -2.29. The molecule has 0 atom stereocenters. The van der Waals surface area contributed by atoms with Crippen LogP contribution in [-0.2, 0) is 56.8 Å². The summed E-state index contributed by atoms with van der Waals surface area (Å²) in [7, 11) is 0. The third-order valence-corrected chi connectivity index (χ3v) is 9.12. The SMILES string of the molecule is O=C(NCCOCCOCCOCCOCCOCCOCCOCCOCCOCCOCCOCCOc1ccc([N+](=O)[O-])cc1)OCC1c2ccccc2-c2ccccc21. The zero-order valence-electron chi connectivity index (χ0n) is 36.2. The summed E-state index contributed by atoms with van der Waals surface area (Å²) in [5.74, 6) is 0.580. The number of alkyl carbamates (subject to hydrolysis) is 1. The van der Waals surface area contributed by atoms with Crippen LogP contribution in [0.2, 0.25) is 0 Å². The fourth-order valence-electron chi connectivity index (χ4n) is 6.06. The van der Waals surface area contributed by atoms with Crippen molar-refractivity contribution >= 4 is 11.8 Å². The standard InChI is InChI=1S/C45H64N2O16/c48-45(63-37-44-42-7-3-1-5-40(42)41-6-2-4-8-43(41)44)46-13-14-51-15-16-52-17-18-53-19-20-54-21-22-55-23-24-56-25-26-57-27-28-58-29-30-59-31-32-60-33-34-61-35-36-62-39-11-9-38(10-12-39)47(49)50/h1-12,44H,13-37H2,(H,46,48). The Balaban J connectivity index is 0.763. The minimum atomic E-state index is -0.459. The van der Waals surface area contributed by atoms with Gasteiger partial charge in [-0.15, -0.1) is 0 Å². The number of carbonyl (C=O) groups excluding carboxylic acids is 1. The number of ether oxygens (including phenoxy) is 13. The molecule has 4 rings (SSSR count). The van der Waals surface area contributed by atoms with E-state index >= 15 is 0 Å². The molecule has 0 bridgehead atoms. The first-order valence-electron chi connectivity index (χ1n) is 21.4. The van der Waals surface area contributed by atoms with E-state index in [2.05, 4.69) is 29.6 Å². The van der Waals surface area contributed by atoms with Gasteiger partial charge in [-0.05, 0) is 34.4 Å². The maximum absolute atomic E-state index is 12.3. The number of nitro benzene ring substituents is 1. The van der Waals surface area contributed by atoms with E-state index in [1.165, 1.54) is 34.4 Å². The summed E-state index contributed by atoms with van der Waals surface area (Å²) >= 11 is 0. The molecule has 0 spiro atoms. The summed E-state index contributed by atoms with van der Waals surface area (Å²) in [6.45, 7) is 10.9. The molecule has 0 radical (unpaired) electrons. The van der Waals surface area contributed by atoms with Crippen molar-refractivity contribution in [1.82, 2.24) is 5.32 Å². The number of benzene rings is 3. The van der Waals surface area contributed by atoms with Crippen LogP contribution in [0, 0.1) is 10.1 Å². The zero-order valence-corrected chi connectivity index (χ0v) is 36.2. The number of amides is 1. The van der Waals surface area contributed by atoms with Gasteiger partial charge in [-0.3, -0.25) is 10.1 Å². The molecule has 0 saturated heterocycles.